The summed E-state index contributed by atoms with van der Waals surface area (Å²) >= 11 is 0. The van der Waals surface area contributed by atoms with Crippen LogP contribution in [0.1, 0.15) is 24.2 Å². The molecule has 1 atom stereocenters. The third kappa shape index (κ3) is 4.66. The normalized spacial score (nSPS) is 12.3. The summed E-state index contributed by atoms with van der Waals surface area (Å²) < 4.78 is 42.2. The smallest absolute Gasteiger partial charge is 0.340 e. The van der Waals surface area contributed by atoms with Crippen LogP contribution in [0.5, 0.6) is 0 Å². The Morgan fingerprint density at radius 3 is 2.35 bits per heavy atom. The van der Waals surface area contributed by atoms with Gasteiger partial charge in [-0.1, -0.05) is 19.1 Å². The minimum Gasteiger partial charge on any atom is -0.449 e. The summed E-state index contributed by atoms with van der Waals surface area (Å²) in [6.07, 6.45) is -1.18. The van der Waals surface area contributed by atoms with Crippen LogP contribution in [0.3, 0.4) is 0 Å². The van der Waals surface area contributed by atoms with E-state index in [-0.39, 0.29) is 16.2 Å². The molecule has 0 saturated carbocycles. The summed E-state index contributed by atoms with van der Waals surface area (Å²) in [5.74, 6) is -2.16. The van der Waals surface area contributed by atoms with E-state index in [1.54, 1.807) is 0 Å². The van der Waals surface area contributed by atoms with Crippen LogP contribution in [0.15, 0.2) is 53.4 Å². The molecule has 138 valence electrons. The van der Waals surface area contributed by atoms with Gasteiger partial charge in [-0.15, -0.1) is 0 Å². The molecular weight excluding hydrogens is 361 g/mol. The van der Waals surface area contributed by atoms with Crippen molar-refractivity contribution < 1.29 is 27.1 Å². The Morgan fingerprint density at radius 1 is 1.12 bits per heavy atom. The SMILES string of the molecule is CCS(=O)(=O)c1ccccc1C(=O)O[C@@H](C)C(=O)Nc1ccc(F)cc1. The van der Waals surface area contributed by atoms with E-state index < -0.39 is 33.6 Å². The van der Waals surface area contributed by atoms with Crippen molar-refractivity contribution in [1.82, 2.24) is 0 Å². The highest BCUT2D eigenvalue weighted by Crippen LogP contribution is 2.19. The van der Waals surface area contributed by atoms with E-state index in [0.717, 1.165) is 0 Å². The highest BCUT2D eigenvalue weighted by atomic mass is 32.2. The van der Waals surface area contributed by atoms with Crippen LogP contribution in [0.2, 0.25) is 0 Å². The molecule has 0 unspecified atom stereocenters. The van der Waals surface area contributed by atoms with Crippen molar-refractivity contribution >= 4 is 27.4 Å². The molecule has 0 heterocycles. The second kappa shape index (κ2) is 8.09. The van der Waals surface area contributed by atoms with Crippen LogP contribution in [0, 0.1) is 5.82 Å². The van der Waals surface area contributed by atoms with Crippen LogP contribution >= 0.6 is 0 Å². The Bertz CT molecular complexity index is 909. The van der Waals surface area contributed by atoms with Gasteiger partial charge in [-0.25, -0.2) is 17.6 Å². The second-order valence-electron chi connectivity index (χ2n) is 5.44. The lowest BCUT2D eigenvalue weighted by molar-refractivity contribution is -0.123. The molecule has 0 bridgehead atoms. The molecule has 6 nitrogen and oxygen atoms in total. The molecule has 0 aliphatic heterocycles. The lowest BCUT2D eigenvalue weighted by Crippen LogP contribution is -2.30. The number of benzene rings is 2. The maximum absolute atomic E-state index is 12.9. The van der Waals surface area contributed by atoms with E-state index in [1.807, 2.05) is 0 Å². The number of amides is 1. The maximum Gasteiger partial charge on any atom is 0.340 e. The van der Waals surface area contributed by atoms with Gasteiger partial charge in [0.25, 0.3) is 5.91 Å². The molecule has 2 rings (SSSR count). The van der Waals surface area contributed by atoms with E-state index in [0.29, 0.717) is 5.69 Å². The lowest BCUT2D eigenvalue weighted by Gasteiger charge is -2.15. The zero-order valence-corrected chi connectivity index (χ0v) is 15.0. The molecule has 0 aliphatic carbocycles. The second-order valence-corrected chi connectivity index (χ2v) is 7.69. The molecule has 1 amide bonds. The first-order valence-electron chi connectivity index (χ1n) is 7.84. The van der Waals surface area contributed by atoms with Crippen molar-refractivity contribution in [1.29, 1.82) is 0 Å². The van der Waals surface area contributed by atoms with Gasteiger partial charge in [-0.3, -0.25) is 4.79 Å². The monoisotopic (exact) mass is 379 g/mol. The first-order chi connectivity index (χ1) is 12.2. The quantitative estimate of drug-likeness (QED) is 0.780. The number of ether oxygens (including phenoxy) is 1. The van der Waals surface area contributed by atoms with Gasteiger partial charge in [0.05, 0.1) is 16.2 Å². The van der Waals surface area contributed by atoms with Gasteiger partial charge in [-0.2, -0.15) is 0 Å². The average Bonchev–Trinajstić information content (AvgIpc) is 2.63. The predicted octanol–water partition coefficient (Wildman–Crippen LogP) is 2.80. The maximum atomic E-state index is 12.9. The van der Waals surface area contributed by atoms with Crippen LogP contribution in [0.25, 0.3) is 0 Å². The fourth-order valence-electron chi connectivity index (χ4n) is 2.12. The van der Waals surface area contributed by atoms with E-state index >= 15 is 0 Å². The molecule has 1 N–H and O–H groups in total. The highest BCUT2D eigenvalue weighted by Gasteiger charge is 2.25. The Balaban J connectivity index is 2.12. The minimum absolute atomic E-state index is 0.129. The Kier molecular flexibility index (Phi) is 6.10. The van der Waals surface area contributed by atoms with Crippen LogP contribution in [-0.2, 0) is 19.4 Å². The van der Waals surface area contributed by atoms with Crippen molar-refractivity contribution in [3.63, 3.8) is 0 Å². The Hall–Kier alpha value is -2.74. The molecule has 0 saturated heterocycles. The summed E-state index contributed by atoms with van der Waals surface area (Å²) in [4.78, 5) is 24.3. The summed E-state index contributed by atoms with van der Waals surface area (Å²) in [5, 5.41) is 2.48. The van der Waals surface area contributed by atoms with Gasteiger partial charge in [0.1, 0.15) is 5.82 Å². The summed E-state index contributed by atoms with van der Waals surface area (Å²) in [6.45, 7) is 2.82. The number of hydrogen-bond acceptors (Lipinski definition) is 5. The minimum atomic E-state index is -3.62. The molecule has 0 aliphatic rings. The lowest BCUT2D eigenvalue weighted by atomic mass is 10.2. The molecule has 0 aromatic heterocycles. The molecule has 2 aromatic rings. The van der Waals surface area contributed by atoms with E-state index in [2.05, 4.69) is 5.32 Å². The van der Waals surface area contributed by atoms with Gasteiger partial charge in [0.15, 0.2) is 15.9 Å². The molecule has 0 radical (unpaired) electrons. The molecule has 0 spiro atoms. The average molecular weight is 379 g/mol. The van der Waals surface area contributed by atoms with Gasteiger partial charge in [0, 0.05) is 5.69 Å². The van der Waals surface area contributed by atoms with E-state index in [9.17, 15) is 22.4 Å². The highest BCUT2D eigenvalue weighted by molar-refractivity contribution is 7.91. The number of esters is 1. The Morgan fingerprint density at radius 2 is 1.73 bits per heavy atom. The molecule has 0 fully saturated rings. The van der Waals surface area contributed by atoms with Crippen LogP contribution < -0.4 is 5.32 Å². The number of carbonyl (C=O) groups excluding carboxylic acids is 2. The number of halogens is 1. The number of rotatable bonds is 6. The summed E-state index contributed by atoms with van der Waals surface area (Å²) in [7, 11) is -3.62. The topological polar surface area (TPSA) is 89.5 Å². The third-order valence-corrected chi connectivity index (χ3v) is 5.37. The van der Waals surface area contributed by atoms with Gasteiger partial charge < -0.3 is 10.1 Å². The van der Waals surface area contributed by atoms with Crippen molar-refractivity contribution in [2.45, 2.75) is 24.8 Å². The van der Waals surface area contributed by atoms with E-state index in [1.165, 1.54) is 62.4 Å². The molecule has 2 aromatic carbocycles. The molecular formula is C18H18FNO5S. The largest absolute Gasteiger partial charge is 0.449 e. The standard InChI is InChI=1S/C18H18FNO5S/c1-3-26(23,24)16-7-5-4-6-15(16)18(22)25-12(2)17(21)20-14-10-8-13(19)9-11-14/h4-12H,3H2,1-2H3,(H,20,21)/t12-/m0/s1. The predicted molar refractivity (Wildman–Crippen MR) is 94.1 cm³/mol. The van der Waals surface area contributed by atoms with Crippen LogP contribution in [0.4, 0.5) is 10.1 Å². The fraction of sp³-hybridized carbons (Fsp3) is 0.222. The van der Waals surface area contributed by atoms with Crippen molar-refractivity contribution in [2.24, 2.45) is 0 Å². The summed E-state index contributed by atoms with van der Waals surface area (Å²) in [5.41, 5.74) is 0.212. The van der Waals surface area contributed by atoms with Gasteiger partial charge in [-0.05, 0) is 43.3 Å². The third-order valence-electron chi connectivity index (χ3n) is 3.59. The molecule has 8 heteroatoms. The molecule has 26 heavy (non-hydrogen) atoms. The van der Waals surface area contributed by atoms with Crippen LogP contribution in [-0.4, -0.2) is 32.2 Å². The fourth-order valence-corrected chi connectivity index (χ4v) is 3.20. The first-order valence-corrected chi connectivity index (χ1v) is 9.49. The van der Waals surface area contributed by atoms with Crippen molar-refractivity contribution in [3.05, 3.63) is 59.9 Å². The first kappa shape index (κ1) is 19.6. The number of carbonyl (C=O) groups is 2. The van der Waals surface area contributed by atoms with Gasteiger partial charge >= 0.3 is 5.97 Å². The van der Waals surface area contributed by atoms with E-state index in [4.69, 9.17) is 4.74 Å². The number of sulfone groups is 1. The number of anilines is 1. The van der Waals surface area contributed by atoms with Gasteiger partial charge in [0.2, 0.25) is 0 Å². The zero-order chi connectivity index (χ0) is 19.3. The number of nitrogens with one attached hydrogen (secondary N) is 1. The van der Waals surface area contributed by atoms with Crippen molar-refractivity contribution in [3.8, 4) is 0 Å². The van der Waals surface area contributed by atoms with Crippen molar-refractivity contribution in [2.75, 3.05) is 11.1 Å². The zero-order valence-electron chi connectivity index (χ0n) is 14.2. The Labute approximate surface area is 150 Å². The number of hydrogen-bond donors (Lipinski definition) is 1. The summed E-state index contributed by atoms with van der Waals surface area (Å²) in [6, 6.07) is 10.7.